The molecule has 0 aliphatic heterocycles. The maximum absolute atomic E-state index is 11.5. The molecule has 0 aromatic heterocycles. The summed E-state index contributed by atoms with van der Waals surface area (Å²) >= 11 is 0. The van der Waals surface area contributed by atoms with Crippen LogP contribution in [0.3, 0.4) is 0 Å². The van der Waals surface area contributed by atoms with Gasteiger partial charge in [0.2, 0.25) is 5.91 Å². The molecule has 1 aromatic carbocycles. The van der Waals surface area contributed by atoms with E-state index in [2.05, 4.69) is 5.32 Å². The molecule has 0 heterocycles. The van der Waals surface area contributed by atoms with Crippen molar-refractivity contribution in [2.24, 2.45) is 5.73 Å². The van der Waals surface area contributed by atoms with Crippen molar-refractivity contribution in [2.45, 2.75) is 19.4 Å². The van der Waals surface area contributed by atoms with Gasteiger partial charge in [0, 0.05) is 24.7 Å². The molecule has 1 atom stereocenters. The summed E-state index contributed by atoms with van der Waals surface area (Å²) in [7, 11) is 0. The highest BCUT2D eigenvalue weighted by atomic mass is 16.6. The standard InChI is InChI=1S/C11H15N3O3/c1-8(7-12)13-11(15)6-9-3-2-4-10(5-9)14(16)17/h2-5,8H,6-7,12H2,1H3,(H,13,15). The molecule has 6 nitrogen and oxygen atoms in total. The van der Waals surface area contributed by atoms with E-state index in [0.717, 1.165) is 0 Å². The van der Waals surface area contributed by atoms with Crippen LogP contribution < -0.4 is 11.1 Å². The number of rotatable bonds is 5. The Balaban J connectivity index is 2.65. The molecule has 0 saturated carbocycles. The molecular formula is C11H15N3O3. The Hall–Kier alpha value is -1.95. The van der Waals surface area contributed by atoms with Crippen LogP contribution in [0.4, 0.5) is 5.69 Å². The maximum Gasteiger partial charge on any atom is 0.269 e. The first-order chi connectivity index (χ1) is 8.02. The van der Waals surface area contributed by atoms with Crippen LogP contribution in [0.1, 0.15) is 12.5 Å². The minimum Gasteiger partial charge on any atom is -0.352 e. The van der Waals surface area contributed by atoms with E-state index in [1.165, 1.54) is 12.1 Å². The highest BCUT2D eigenvalue weighted by Gasteiger charge is 2.10. The summed E-state index contributed by atoms with van der Waals surface area (Å²) < 4.78 is 0. The molecular weight excluding hydrogens is 222 g/mol. The molecule has 0 spiro atoms. The molecule has 1 amide bonds. The van der Waals surface area contributed by atoms with Crippen molar-refractivity contribution < 1.29 is 9.72 Å². The van der Waals surface area contributed by atoms with Crippen LogP contribution in [0, 0.1) is 10.1 Å². The number of non-ortho nitro benzene ring substituents is 1. The summed E-state index contributed by atoms with van der Waals surface area (Å²) in [4.78, 5) is 21.6. The lowest BCUT2D eigenvalue weighted by Crippen LogP contribution is -2.38. The van der Waals surface area contributed by atoms with Crippen molar-refractivity contribution >= 4 is 11.6 Å². The van der Waals surface area contributed by atoms with Crippen molar-refractivity contribution in [2.75, 3.05) is 6.54 Å². The number of carbonyl (C=O) groups excluding carboxylic acids is 1. The summed E-state index contributed by atoms with van der Waals surface area (Å²) in [6.07, 6.45) is 0.117. The summed E-state index contributed by atoms with van der Waals surface area (Å²) in [6, 6.07) is 5.94. The molecule has 1 aromatic rings. The third kappa shape index (κ3) is 4.20. The normalized spacial score (nSPS) is 11.9. The number of hydrogen-bond acceptors (Lipinski definition) is 4. The van der Waals surface area contributed by atoms with Crippen LogP contribution >= 0.6 is 0 Å². The molecule has 0 radical (unpaired) electrons. The van der Waals surface area contributed by atoms with Gasteiger partial charge < -0.3 is 11.1 Å². The van der Waals surface area contributed by atoms with E-state index in [9.17, 15) is 14.9 Å². The van der Waals surface area contributed by atoms with Gasteiger partial charge >= 0.3 is 0 Å². The van der Waals surface area contributed by atoms with Crippen LogP contribution in [0.5, 0.6) is 0 Å². The van der Waals surface area contributed by atoms with Gasteiger partial charge in [0.1, 0.15) is 0 Å². The molecule has 0 bridgehead atoms. The van der Waals surface area contributed by atoms with Gasteiger partial charge in [-0.1, -0.05) is 12.1 Å². The monoisotopic (exact) mass is 237 g/mol. The number of amides is 1. The highest BCUT2D eigenvalue weighted by molar-refractivity contribution is 5.79. The average Bonchev–Trinajstić information content (AvgIpc) is 2.28. The Labute approximate surface area is 99.0 Å². The van der Waals surface area contributed by atoms with E-state index < -0.39 is 4.92 Å². The average molecular weight is 237 g/mol. The SMILES string of the molecule is CC(CN)NC(=O)Cc1cccc([N+](=O)[O-])c1. The van der Waals surface area contributed by atoms with Crippen LogP contribution in [0.25, 0.3) is 0 Å². The van der Waals surface area contributed by atoms with E-state index in [1.807, 2.05) is 0 Å². The molecule has 0 aliphatic rings. The van der Waals surface area contributed by atoms with Crippen molar-refractivity contribution in [3.8, 4) is 0 Å². The lowest BCUT2D eigenvalue weighted by atomic mass is 10.1. The van der Waals surface area contributed by atoms with E-state index in [-0.39, 0.29) is 24.1 Å². The Morgan fingerprint density at radius 2 is 2.29 bits per heavy atom. The number of nitrogens with one attached hydrogen (secondary N) is 1. The van der Waals surface area contributed by atoms with Crippen molar-refractivity contribution in [3.05, 3.63) is 39.9 Å². The smallest absolute Gasteiger partial charge is 0.269 e. The summed E-state index contributed by atoms with van der Waals surface area (Å²) in [5.41, 5.74) is 5.97. The number of nitrogens with two attached hydrogens (primary N) is 1. The van der Waals surface area contributed by atoms with Gasteiger partial charge in [-0.25, -0.2) is 0 Å². The third-order valence-electron chi connectivity index (χ3n) is 2.25. The fourth-order valence-corrected chi connectivity index (χ4v) is 1.35. The van der Waals surface area contributed by atoms with Gasteiger partial charge in [0.15, 0.2) is 0 Å². The zero-order valence-corrected chi connectivity index (χ0v) is 9.55. The van der Waals surface area contributed by atoms with Crippen LogP contribution in [-0.4, -0.2) is 23.4 Å². The molecule has 3 N–H and O–H groups in total. The van der Waals surface area contributed by atoms with Crippen molar-refractivity contribution in [3.63, 3.8) is 0 Å². The fraction of sp³-hybridized carbons (Fsp3) is 0.364. The number of nitro groups is 1. The quantitative estimate of drug-likeness (QED) is 0.578. The molecule has 1 rings (SSSR count). The van der Waals surface area contributed by atoms with Crippen molar-refractivity contribution in [1.82, 2.24) is 5.32 Å². The Morgan fingerprint density at radius 3 is 2.88 bits per heavy atom. The predicted octanol–water partition coefficient (Wildman–Crippen LogP) is 0.601. The number of hydrogen-bond donors (Lipinski definition) is 2. The third-order valence-corrected chi connectivity index (χ3v) is 2.25. The number of nitro benzene ring substituents is 1. The fourth-order valence-electron chi connectivity index (χ4n) is 1.35. The molecule has 0 aliphatic carbocycles. The lowest BCUT2D eigenvalue weighted by Gasteiger charge is -2.10. The van der Waals surface area contributed by atoms with Gasteiger partial charge in [-0.05, 0) is 12.5 Å². The van der Waals surface area contributed by atoms with Gasteiger partial charge in [-0.3, -0.25) is 14.9 Å². The first-order valence-corrected chi connectivity index (χ1v) is 5.25. The molecule has 0 saturated heterocycles. The second kappa shape index (κ2) is 5.95. The lowest BCUT2D eigenvalue weighted by molar-refractivity contribution is -0.384. The van der Waals surface area contributed by atoms with Crippen LogP contribution in [0.2, 0.25) is 0 Å². The minimum atomic E-state index is -0.482. The van der Waals surface area contributed by atoms with Gasteiger partial charge in [0.05, 0.1) is 11.3 Å². The second-order valence-electron chi connectivity index (χ2n) is 3.81. The first-order valence-electron chi connectivity index (χ1n) is 5.25. The minimum absolute atomic E-state index is 0.0119. The largest absolute Gasteiger partial charge is 0.352 e. The Bertz CT molecular complexity index is 420. The van der Waals surface area contributed by atoms with E-state index in [0.29, 0.717) is 12.1 Å². The number of benzene rings is 1. The molecule has 17 heavy (non-hydrogen) atoms. The van der Waals surface area contributed by atoms with Gasteiger partial charge in [-0.15, -0.1) is 0 Å². The van der Waals surface area contributed by atoms with E-state index >= 15 is 0 Å². The molecule has 1 unspecified atom stereocenters. The van der Waals surface area contributed by atoms with Crippen LogP contribution in [-0.2, 0) is 11.2 Å². The zero-order valence-electron chi connectivity index (χ0n) is 9.55. The topological polar surface area (TPSA) is 98.3 Å². The molecule has 6 heteroatoms. The van der Waals surface area contributed by atoms with Gasteiger partial charge in [-0.2, -0.15) is 0 Å². The summed E-state index contributed by atoms with van der Waals surface area (Å²) in [6.45, 7) is 2.16. The van der Waals surface area contributed by atoms with Gasteiger partial charge in [0.25, 0.3) is 5.69 Å². The number of nitrogens with zero attached hydrogens (tertiary/aromatic N) is 1. The predicted molar refractivity (Wildman–Crippen MR) is 63.5 cm³/mol. The Morgan fingerprint density at radius 1 is 1.59 bits per heavy atom. The molecule has 92 valence electrons. The van der Waals surface area contributed by atoms with E-state index in [1.54, 1.807) is 19.1 Å². The summed E-state index contributed by atoms with van der Waals surface area (Å²) in [5, 5.41) is 13.2. The maximum atomic E-state index is 11.5. The van der Waals surface area contributed by atoms with Crippen LogP contribution in [0.15, 0.2) is 24.3 Å². The number of carbonyl (C=O) groups is 1. The van der Waals surface area contributed by atoms with E-state index in [4.69, 9.17) is 5.73 Å². The first kappa shape index (κ1) is 13.1. The van der Waals surface area contributed by atoms with Crippen molar-refractivity contribution in [1.29, 1.82) is 0 Å². The Kier molecular flexibility index (Phi) is 4.59. The summed E-state index contributed by atoms with van der Waals surface area (Å²) in [5.74, 6) is -0.191. The zero-order chi connectivity index (χ0) is 12.8. The second-order valence-corrected chi connectivity index (χ2v) is 3.81. The highest BCUT2D eigenvalue weighted by Crippen LogP contribution is 2.13. The molecule has 0 fully saturated rings.